The van der Waals surface area contributed by atoms with Gasteiger partial charge >= 0.3 is 6.03 Å². The molecule has 8 nitrogen and oxygen atoms in total. The van der Waals surface area contributed by atoms with E-state index in [1.807, 2.05) is 6.07 Å². The zero-order valence-electron chi connectivity index (χ0n) is 15.0. The number of nitrogens with zero attached hydrogens (tertiary/aromatic N) is 4. The van der Waals surface area contributed by atoms with Crippen molar-refractivity contribution < 1.29 is 14.0 Å². The Morgan fingerprint density at radius 3 is 2.63 bits per heavy atom. The predicted octanol–water partition coefficient (Wildman–Crippen LogP) is 0.814. The van der Waals surface area contributed by atoms with Gasteiger partial charge in [-0.05, 0) is 24.0 Å². The van der Waals surface area contributed by atoms with Gasteiger partial charge in [0.15, 0.2) is 11.6 Å². The Morgan fingerprint density at radius 2 is 1.93 bits per heavy atom. The minimum Gasteiger partial charge on any atom is -0.368 e. The van der Waals surface area contributed by atoms with E-state index in [4.69, 9.17) is 0 Å². The molecular formula is C18H21FN6O2. The van der Waals surface area contributed by atoms with Crippen LogP contribution >= 0.6 is 0 Å². The molecule has 142 valence electrons. The molecular weight excluding hydrogens is 351 g/mol. The van der Waals surface area contributed by atoms with E-state index in [-0.39, 0.29) is 24.7 Å². The molecule has 0 radical (unpaired) electrons. The van der Waals surface area contributed by atoms with Crippen molar-refractivity contribution >= 4 is 34.3 Å². The molecule has 3 amide bonds. The van der Waals surface area contributed by atoms with Crippen molar-refractivity contribution in [3.8, 4) is 0 Å². The Balaban J connectivity index is 1.53. The predicted molar refractivity (Wildman–Crippen MR) is 98.2 cm³/mol. The molecule has 0 saturated carbocycles. The molecule has 3 aliphatic rings. The molecule has 3 saturated heterocycles. The molecule has 3 aliphatic heterocycles. The summed E-state index contributed by atoms with van der Waals surface area (Å²) in [5, 5.41) is 10.6. The van der Waals surface area contributed by atoms with Gasteiger partial charge in [0.25, 0.3) is 0 Å². The van der Waals surface area contributed by atoms with Gasteiger partial charge in [-0.15, -0.1) is 0 Å². The minimum absolute atomic E-state index is 0.203. The zero-order chi connectivity index (χ0) is 18.7. The molecule has 1 aromatic carbocycles. The lowest BCUT2D eigenvalue weighted by Gasteiger charge is -2.25. The molecule has 27 heavy (non-hydrogen) atoms. The molecule has 2 unspecified atom stereocenters. The fourth-order valence-corrected chi connectivity index (χ4v) is 4.56. The SMILES string of the molecule is Cn1nc(N2CCC(=O)NC2=O)c2ccc(N3CC4CNCC4C3)c(F)c21. The Labute approximate surface area is 155 Å². The van der Waals surface area contributed by atoms with Gasteiger partial charge in [-0.3, -0.25) is 19.7 Å². The summed E-state index contributed by atoms with van der Waals surface area (Å²) in [6.07, 6.45) is 0.203. The monoisotopic (exact) mass is 372 g/mol. The van der Waals surface area contributed by atoms with Crippen molar-refractivity contribution in [2.24, 2.45) is 18.9 Å². The van der Waals surface area contributed by atoms with Crippen molar-refractivity contribution in [1.82, 2.24) is 20.4 Å². The number of halogens is 1. The average Bonchev–Trinajstić information content (AvgIpc) is 3.29. The number of fused-ring (bicyclic) bond motifs is 2. The van der Waals surface area contributed by atoms with Crippen LogP contribution in [0, 0.1) is 17.7 Å². The molecule has 2 N–H and O–H groups in total. The molecule has 5 rings (SSSR count). The number of urea groups is 1. The van der Waals surface area contributed by atoms with E-state index in [0.717, 1.165) is 26.2 Å². The third-order valence-electron chi connectivity index (χ3n) is 5.94. The maximum absolute atomic E-state index is 15.4. The van der Waals surface area contributed by atoms with Gasteiger partial charge in [-0.25, -0.2) is 9.18 Å². The number of carbonyl (C=O) groups is 2. The third kappa shape index (κ3) is 2.48. The number of amides is 3. The van der Waals surface area contributed by atoms with Crippen LogP contribution in [0.15, 0.2) is 12.1 Å². The van der Waals surface area contributed by atoms with Crippen LogP contribution in [0.25, 0.3) is 10.9 Å². The lowest BCUT2D eigenvalue weighted by Crippen LogP contribution is -2.49. The zero-order valence-corrected chi connectivity index (χ0v) is 15.0. The highest BCUT2D eigenvalue weighted by Crippen LogP contribution is 2.37. The van der Waals surface area contributed by atoms with Crippen LogP contribution in [0.5, 0.6) is 0 Å². The van der Waals surface area contributed by atoms with Crippen molar-refractivity contribution in [3.05, 3.63) is 17.9 Å². The van der Waals surface area contributed by atoms with Gasteiger partial charge in [-0.2, -0.15) is 5.10 Å². The van der Waals surface area contributed by atoms with Gasteiger partial charge in [0.05, 0.1) is 5.69 Å². The molecule has 0 bridgehead atoms. The fourth-order valence-electron chi connectivity index (χ4n) is 4.56. The first-order chi connectivity index (χ1) is 13.0. The van der Waals surface area contributed by atoms with Crippen LogP contribution < -0.4 is 20.4 Å². The summed E-state index contributed by atoms with van der Waals surface area (Å²) in [6, 6.07) is 3.09. The molecule has 1 aromatic heterocycles. The number of hydrogen-bond acceptors (Lipinski definition) is 5. The van der Waals surface area contributed by atoms with Crippen LogP contribution in [0.4, 0.5) is 20.7 Å². The number of anilines is 2. The highest BCUT2D eigenvalue weighted by molar-refractivity contribution is 6.09. The molecule has 2 aromatic rings. The number of aryl methyl sites for hydroxylation is 1. The van der Waals surface area contributed by atoms with Crippen LogP contribution in [0.2, 0.25) is 0 Å². The number of imide groups is 1. The first-order valence-corrected chi connectivity index (χ1v) is 9.25. The molecule has 9 heteroatoms. The van der Waals surface area contributed by atoms with Gasteiger partial charge in [-0.1, -0.05) is 0 Å². The van der Waals surface area contributed by atoms with Gasteiger partial charge in [0.2, 0.25) is 5.91 Å². The Hall–Kier alpha value is -2.68. The van der Waals surface area contributed by atoms with Crippen molar-refractivity contribution in [1.29, 1.82) is 0 Å². The van der Waals surface area contributed by atoms with Crippen molar-refractivity contribution in [3.63, 3.8) is 0 Å². The van der Waals surface area contributed by atoms with E-state index in [9.17, 15) is 9.59 Å². The first kappa shape index (κ1) is 16.5. The van der Waals surface area contributed by atoms with Crippen LogP contribution in [0.1, 0.15) is 6.42 Å². The largest absolute Gasteiger partial charge is 0.368 e. The first-order valence-electron chi connectivity index (χ1n) is 9.25. The maximum Gasteiger partial charge on any atom is 0.329 e. The molecule has 0 spiro atoms. The highest BCUT2D eigenvalue weighted by atomic mass is 19.1. The summed E-state index contributed by atoms with van der Waals surface area (Å²) in [5.41, 5.74) is 0.965. The van der Waals surface area contributed by atoms with E-state index >= 15 is 4.39 Å². The molecule has 0 aliphatic carbocycles. The highest BCUT2D eigenvalue weighted by Gasteiger charge is 2.37. The number of hydrogen-bond donors (Lipinski definition) is 2. The van der Waals surface area contributed by atoms with Gasteiger partial charge in [0, 0.05) is 51.6 Å². The van der Waals surface area contributed by atoms with Gasteiger partial charge < -0.3 is 10.2 Å². The fraction of sp³-hybridized carbons (Fsp3) is 0.500. The molecule has 4 heterocycles. The van der Waals surface area contributed by atoms with Crippen LogP contribution in [0.3, 0.4) is 0 Å². The van der Waals surface area contributed by atoms with Crippen LogP contribution in [-0.2, 0) is 11.8 Å². The number of carbonyl (C=O) groups excluding carboxylic acids is 2. The van der Waals surface area contributed by atoms with E-state index in [1.54, 1.807) is 13.1 Å². The second-order valence-corrected chi connectivity index (χ2v) is 7.58. The van der Waals surface area contributed by atoms with E-state index in [1.165, 1.54) is 9.58 Å². The summed E-state index contributed by atoms with van der Waals surface area (Å²) < 4.78 is 16.9. The topological polar surface area (TPSA) is 82.5 Å². The lowest BCUT2D eigenvalue weighted by molar-refractivity contribution is -0.120. The summed E-state index contributed by atoms with van der Waals surface area (Å²) in [7, 11) is 1.67. The number of aromatic nitrogens is 2. The second-order valence-electron chi connectivity index (χ2n) is 7.58. The standard InChI is InChI=1S/C18H21FN6O2/c1-23-16-12(17(22-23)25-5-4-14(26)21-18(25)27)2-3-13(15(16)19)24-8-10-6-20-7-11(10)9-24/h2-3,10-11,20H,4-9H2,1H3,(H,21,26,27). The molecule has 3 fully saturated rings. The van der Waals surface area contributed by atoms with Crippen molar-refractivity contribution in [2.75, 3.05) is 42.5 Å². The lowest BCUT2D eigenvalue weighted by atomic mass is 10.0. The Morgan fingerprint density at radius 1 is 1.19 bits per heavy atom. The number of benzene rings is 1. The number of rotatable bonds is 2. The van der Waals surface area contributed by atoms with Crippen LogP contribution in [-0.4, -0.2) is 54.4 Å². The quantitative estimate of drug-likeness (QED) is 0.816. The Kier molecular flexibility index (Phi) is 3.61. The van der Waals surface area contributed by atoms with E-state index in [2.05, 4.69) is 20.6 Å². The smallest absolute Gasteiger partial charge is 0.329 e. The average molecular weight is 372 g/mol. The Bertz CT molecular complexity index is 945. The molecule has 2 atom stereocenters. The number of nitrogens with one attached hydrogen (secondary N) is 2. The second kappa shape index (κ2) is 5.91. The normalized spacial score (nSPS) is 25.4. The van der Waals surface area contributed by atoms with E-state index in [0.29, 0.717) is 34.2 Å². The summed E-state index contributed by atoms with van der Waals surface area (Å²) in [4.78, 5) is 27.1. The maximum atomic E-state index is 15.4. The summed E-state index contributed by atoms with van der Waals surface area (Å²) >= 11 is 0. The van der Waals surface area contributed by atoms with Gasteiger partial charge in [0.1, 0.15) is 5.52 Å². The minimum atomic E-state index is -0.518. The van der Waals surface area contributed by atoms with Crippen molar-refractivity contribution in [2.45, 2.75) is 6.42 Å². The summed E-state index contributed by atoms with van der Waals surface area (Å²) in [5.74, 6) is 0.896. The van der Waals surface area contributed by atoms with E-state index < -0.39 is 6.03 Å². The summed E-state index contributed by atoms with van der Waals surface area (Å²) in [6.45, 7) is 3.92. The third-order valence-corrected chi connectivity index (χ3v) is 5.94.